The summed E-state index contributed by atoms with van der Waals surface area (Å²) in [6, 6.07) is 6.76. The van der Waals surface area contributed by atoms with E-state index in [1.165, 1.54) is 4.88 Å². The fourth-order valence-electron chi connectivity index (χ4n) is 3.69. The lowest BCUT2D eigenvalue weighted by molar-refractivity contribution is 0.0342. The van der Waals surface area contributed by atoms with Gasteiger partial charge in [-0.3, -0.25) is 4.90 Å². The zero-order valence-electron chi connectivity index (χ0n) is 16.2. The summed E-state index contributed by atoms with van der Waals surface area (Å²) in [5.74, 6) is 0.449. The molecule has 1 atom stereocenters. The Morgan fingerprint density at radius 3 is 2.90 bits per heavy atom. The van der Waals surface area contributed by atoms with Crippen molar-refractivity contribution < 1.29 is 13.5 Å². The van der Waals surface area contributed by atoms with Gasteiger partial charge in [-0.05, 0) is 36.6 Å². The minimum atomic E-state index is -2.03. The van der Waals surface area contributed by atoms with Crippen molar-refractivity contribution in [3.63, 3.8) is 0 Å². The fourth-order valence-corrected chi connectivity index (χ4v) is 5.22. The number of hydrogen-bond donors (Lipinski definition) is 2. The average Bonchev–Trinajstić information content (AvgIpc) is 3.17. The Kier molecular flexibility index (Phi) is 5.57. The van der Waals surface area contributed by atoms with E-state index in [0.717, 1.165) is 67.6 Å². The van der Waals surface area contributed by atoms with Crippen LogP contribution in [-0.2, 0) is 35.2 Å². The van der Waals surface area contributed by atoms with E-state index in [4.69, 9.17) is 14.7 Å². The molecule has 0 bridgehead atoms. The van der Waals surface area contributed by atoms with Crippen LogP contribution in [0, 0.1) is 0 Å². The first-order valence-corrected chi connectivity index (χ1v) is 11.7. The Labute approximate surface area is 180 Å². The minimum absolute atomic E-state index is 0.326. The molecule has 3 aromatic rings. The summed E-state index contributed by atoms with van der Waals surface area (Å²) in [7, 11) is 0. The maximum Gasteiger partial charge on any atom is 0.227 e. The van der Waals surface area contributed by atoms with Crippen LogP contribution < -0.4 is 5.32 Å². The van der Waals surface area contributed by atoms with E-state index in [9.17, 15) is 8.76 Å². The second-order valence-electron chi connectivity index (χ2n) is 7.24. The number of aryl methyl sites for hydroxylation is 2. The monoisotopic (exact) mass is 443 g/mol. The molecule has 1 unspecified atom stereocenters. The van der Waals surface area contributed by atoms with Gasteiger partial charge in [0.15, 0.2) is 11.1 Å². The van der Waals surface area contributed by atoms with E-state index >= 15 is 0 Å². The van der Waals surface area contributed by atoms with Gasteiger partial charge < -0.3 is 14.6 Å². The fraction of sp³-hybridized carbons (Fsp3) is 0.350. The Balaban J connectivity index is 1.40. The topological polar surface area (TPSA) is 100 Å². The third-order valence-corrected chi connectivity index (χ3v) is 6.96. The number of morpholine rings is 1. The number of fused-ring (bicyclic) bond motifs is 3. The first-order valence-electron chi connectivity index (χ1n) is 9.78. The van der Waals surface area contributed by atoms with Crippen LogP contribution in [-0.4, -0.2) is 54.9 Å². The van der Waals surface area contributed by atoms with Crippen molar-refractivity contribution in [2.45, 2.75) is 24.3 Å². The summed E-state index contributed by atoms with van der Waals surface area (Å²) in [6.07, 6.45) is 3.72. The normalized spacial score (nSPS) is 17.2. The Bertz CT molecular complexity index is 1100. The van der Waals surface area contributed by atoms with Crippen LogP contribution in [0.5, 0.6) is 0 Å². The standard InChI is InChI=1S/C20H21N5O3S2/c26-30(27)15-3-1-2-14(10-15)22-20-21-11-13-4-5-16-19(18(13)24-20)23-17(29-16)12-25-6-8-28-9-7-25/h1-3,10-11H,4-9,12H2,(H,26,27)(H,21,22,24). The van der Waals surface area contributed by atoms with Crippen molar-refractivity contribution in [2.24, 2.45) is 0 Å². The van der Waals surface area contributed by atoms with Crippen LogP contribution in [0.25, 0.3) is 11.4 Å². The lowest BCUT2D eigenvalue weighted by Gasteiger charge is -2.25. The Morgan fingerprint density at radius 1 is 1.20 bits per heavy atom. The van der Waals surface area contributed by atoms with E-state index in [1.54, 1.807) is 29.5 Å². The zero-order valence-corrected chi connectivity index (χ0v) is 17.8. The SMILES string of the molecule is O=S(O)c1cccc(Nc2ncc3c(n2)-c2nc(CN4CCOCC4)sc2CC3)c1. The molecule has 0 spiro atoms. The number of nitrogens with zero attached hydrogens (tertiary/aromatic N) is 4. The first kappa shape index (κ1) is 19.7. The van der Waals surface area contributed by atoms with Crippen molar-refractivity contribution >= 4 is 34.1 Å². The molecule has 2 aliphatic rings. The van der Waals surface area contributed by atoms with Crippen molar-refractivity contribution in [1.29, 1.82) is 0 Å². The molecular weight excluding hydrogens is 422 g/mol. The first-order chi connectivity index (χ1) is 14.7. The van der Waals surface area contributed by atoms with Crippen LogP contribution >= 0.6 is 11.3 Å². The highest BCUT2D eigenvalue weighted by Crippen LogP contribution is 2.36. The van der Waals surface area contributed by atoms with E-state index < -0.39 is 11.1 Å². The smallest absolute Gasteiger partial charge is 0.227 e. The molecule has 0 radical (unpaired) electrons. The predicted molar refractivity (Wildman–Crippen MR) is 115 cm³/mol. The number of anilines is 2. The number of aromatic nitrogens is 3. The molecule has 3 heterocycles. The molecule has 1 saturated heterocycles. The highest BCUT2D eigenvalue weighted by atomic mass is 32.2. The number of hydrogen-bond acceptors (Lipinski definition) is 8. The summed E-state index contributed by atoms with van der Waals surface area (Å²) in [6.45, 7) is 4.28. The minimum Gasteiger partial charge on any atom is -0.379 e. The van der Waals surface area contributed by atoms with Gasteiger partial charge in [-0.2, -0.15) is 0 Å². The van der Waals surface area contributed by atoms with Crippen LogP contribution in [0.3, 0.4) is 0 Å². The molecule has 1 fully saturated rings. The molecule has 2 aromatic heterocycles. The number of rotatable bonds is 5. The predicted octanol–water partition coefficient (Wildman–Crippen LogP) is 2.86. The molecule has 0 amide bonds. The molecule has 1 aliphatic heterocycles. The van der Waals surface area contributed by atoms with Crippen LogP contribution in [0.15, 0.2) is 35.4 Å². The summed E-state index contributed by atoms with van der Waals surface area (Å²) >= 11 is -0.259. The second-order valence-corrected chi connectivity index (χ2v) is 9.38. The van der Waals surface area contributed by atoms with Gasteiger partial charge in [0.05, 0.1) is 30.3 Å². The molecule has 1 aromatic carbocycles. The maximum atomic E-state index is 11.3. The molecule has 156 valence electrons. The van der Waals surface area contributed by atoms with Crippen LogP contribution in [0.4, 0.5) is 11.6 Å². The molecule has 30 heavy (non-hydrogen) atoms. The van der Waals surface area contributed by atoms with Gasteiger partial charge in [0, 0.05) is 29.9 Å². The quantitative estimate of drug-likeness (QED) is 0.581. The third kappa shape index (κ3) is 4.14. The van der Waals surface area contributed by atoms with Crippen molar-refractivity contribution in [3.8, 4) is 11.4 Å². The lowest BCUT2D eigenvalue weighted by Crippen LogP contribution is -2.35. The third-order valence-electron chi connectivity index (χ3n) is 5.21. The van der Waals surface area contributed by atoms with Crippen molar-refractivity contribution in [1.82, 2.24) is 19.9 Å². The van der Waals surface area contributed by atoms with Gasteiger partial charge in [0.2, 0.25) is 5.95 Å². The van der Waals surface area contributed by atoms with Gasteiger partial charge in [-0.25, -0.2) is 19.2 Å². The summed E-state index contributed by atoms with van der Waals surface area (Å²) in [5.41, 5.74) is 3.60. The molecular formula is C20H21N5O3S2. The van der Waals surface area contributed by atoms with E-state index in [0.29, 0.717) is 16.5 Å². The van der Waals surface area contributed by atoms with Gasteiger partial charge in [0.1, 0.15) is 10.7 Å². The highest BCUT2D eigenvalue weighted by Gasteiger charge is 2.24. The van der Waals surface area contributed by atoms with Gasteiger partial charge in [-0.15, -0.1) is 11.3 Å². The largest absolute Gasteiger partial charge is 0.379 e. The Morgan fingerprint density at radius 2 is 2.07 bits per heavy atom. The van der Waals surface area contributed by atoms with Crippen molar-refractivity contribution in [3.05, 3.63) is 45.9 Å². The van der Waals surface area contributed by atoms with Crippen molar-refractivity contribution in [2.75, 3.05) is 31.6 Å². The summed E-state index contributed by atoms with van der Waals surface area (Å²) in [4.78, 5) is 18.1. The van der Waals surface area contributed by atoms with E-state index in [2.05, 4.69) is 15.2 Å². The molecule has 0 saturated carbocycles. The van der Waals surface area contributed by atoms with Gasteiger partial charge >= 0.3 is 0 Å². The molecule has 2 N–H and O–H groups in total. The van der Waals surface area contributed by atoms with E-state index in [-0.39, 0.29) is 0 Å². The maximum absolute atomic E-state index is 11.3. The molecule has 5 rings (SSSR count). The molecule has 10 heteroatoms. The highest BCUT2D eigenvalue weighted by molar-refractivity contribution is 7.79. The van der Waals surface area contributed by atoms with E-state index in [1.807, 2.05) is 12.3 Å². The molecule has 8 nitrogen and oxygen atoms in total. The number of ether oxygens (including phenoxy) is 1. The summed E-state index contributed by atoms with van der Waals surface area (Å²) < 4.78 is 26.0. The Hall–Kier alpha value is -2.24. The van der Waals surface area contributed by atoms with Crippen LogP contribution in [0.2, 0.25) is 0 Å². The number of thiazole rings is 1. The second kappa shape index (κ2) is 8.48. The zero-order chi connectivity index (χ0) is 20.5. The average molecular weight is 444 g/mol. The molecule has 1 aliphatic carbocycles. The number of nitrogens with one attached hydrogen (secondary N) is 1. The van der Waals surface area contributed by atoms with Gasteiger partial charge in [0.25, 0.3) is 0 Å². The van der Waals surface area contributed by atoms with Gasteiger partial charge in [-0.1, -0.05) is 6.07 Å². The lowest BCUT2D eigenvalue weighted by atomic mass is 10.00. The van der Waals surface area contributed by atoms with Crippen LogP contribution in [0.1, 0.15) is 15.4 Å². The summed E-state index contributed by atoms with van der Waals surface area (Å²) in [5, 5.41) is 4.25. The number of benzene rings is 1.